The van der Waals surface area contributed by atoms with E-state index < -0.39 is 17.9 Å². The average molecular weight is 277 g/mol. The second kappa shape index (κ2) is 6.46. The number of carbonyl (C=O) groups excluding carboxylic acids is 2. The van der Waals surface area contributed by atoms with E-state index in [9.17, 15) is 14.4 Å². The average Bonchev–Trinajstić information content (AvgIpc) is 2.36. The Morgan fingerprint density at radius 3 is 2.35 bits per heavy atom. The van der Waals surface area contributed by atoms with Crippen LogP contribution in [0.4, 0.5) is 10.5 Å². The molecule has 0 aromatic carbocycles. The van der Waals surface area contributed by atoms with Crippen LogP contribution in [0.1, 0.15) is 19.4 Å². The maximum Gasteiger partial charge on any atom is 0.331 e. The summed E-state index contributed by atoms with van der Waals surface area (Å²) in [5.74, 6) is -1.97. The number of aromatic nitrogens is 1. The van der Waals surface area contributed by atoms with Crippen molar-refractivity contribution in [2.45, 2.75) is 20.8 Å². The number of amides is 3. The molecule has 0 aliphatic heterocycles. The number of anilines is 1. The number of carbonyl (C=O) groups is 3. The molecule has 0 unspecified atom stereocenters. The van der Waals surface area contributed by atoms with Crippen LogP contribution in [0, 0.1) is 6.92 Å². The normalized spacial score (nSPS) is 11.3. The number of imide groups is 1. The summed E-state index contributed by atoms with van der Waals surface area (Å²) in [6, 6.07) is 0.933. The summed E-state index contributed by atoms with van der Waals surface area (Å²) in [5.41, 5.74) is 1.14. The smallest absolute Gasteiger partial charge is 0.331 e. The molecule has 0 saturated carbocycles. The molecule has 7 nitrogen and oxygen atoms in total. The maximum atomic E-state index is 11.6. The van der Waals surface area contributed by atoms with E-state index in [1.54, 1.807) is 12.3 Å². The number of aliphatic carboxylic acids is 1. The highest BCUT2D eigenvalue weighted by Crippen LogP contribution is 2.07. The van der Waals surface area contributed by atoms with Crippen molar-refractivity contribution < 1.29 is 19.5 Å². The van der Waals surface area contributed by atoms with Gasteiger partial charge in [-0.25, -0.2) is 9.59 Å². The molecule has 1 aromatic rings. The van der Waals surface area contributed by atoms with Crippen LogP contribution in [0.2, 0.25) is 0 Å². The first-order valence-corrected chi connectivity index (χ1v) is 5.76. The van der Waals surface area contributed by atoms with Crippen molar-refractivity contribution in [2.24, 2.45) is 0 Å². The number of nitrogens with one attached hydrogen (secondary N) is 2. The molecule has 1 rings (SSSR count). The van der Waals surface area contributed by atoms with Crippen LogP contribution in [0.3, 0.4) is 0 Å². The number of aryl methyl sites for hydroxylation is 1. The minimum absolute atomic E-state index is 0.0324. The highest BCUT2D eigenvalue weighted by Gasteiger charge is 2.15. The number of pyridine rings is 1. The molecule has 0 saturated heterocycles. The zero-order chi connectivity index (χ0) is 15.3. The number of carboxylic acid groups (broad SMARTS) is 1. The summed E-state index contributed by atoms with van der Waals surface area (Å²) in [7, 11) is 0. The van der Waals surface area contributed by atoms with Gasteiger partial charge in [-0.15, -0.1) is 0 Å². The van der Waals surface area contributed by atoms with E-state index >= 15 is 0 Å². The molecule has 20 heavy (non-hydrogen) atoms. The minimum atomic E-state index is -1.21. The molecule has 0 fully saturated rings. The number of carboxylic acids is 1. The van der Waals surface area contributed by atoms with Gasteiger partial charge in [0, 0.05) is 17.3 Å². The fraction of sp³-hybridized carbons (Fsp3) is 0.231. The fourth-order valence-electron chi connectivity index (χ4n) is 1.31. The second-order valence-corrected chi connectivity index (χ2v) is 4.21. The summed E-state index contributed by atoms with van der Waals surface area (Å²) in [6.45, 7) is 4.43. The van der Waals surface area contributed by atoms with Crippen molar-refractivity contribution in [3.8, 4) is 0 Å². The van der Waals surface area contributed by atoms with Gasteiger partial charge in [0.05, 0.1) is 11.9 Å². The van der Waals surface area contributed by atoms with Crippen molar-refractivity contribution in [3.63, 3.8) is 0 Å². The van der Waals surface area contributed by atoms with Crippen LogP contribution < -0.4 is 10.6 Å². The van der Waals surface area contributed by atoms with E-state index in [4.69, 9.17) is 5.11 Å². The molecular weight excluding hydrogens is 262 g/mol. The quantitative estimate of drug-likeness (QED) is 0.725. The van der Waals surface area contributed by atoms with Crippen LogP contribution >= 0.6 is 0 Å². The number of urea groups is 1. The fourth-order valence-corrected chi connectivity index (χ4v) is 1.31. The Morgan fingerprint density at radius 2 is 1.80 bits per heavy atom. The minimum Gasteiger partial charge on any atom is -0.478 e. The van der Waals surface area contributed by atoms with Gasteiger partial charge in [-0.2, -0.15) is 0 Å². The molecule has 7 heteroatoms. The Morgan fingerprint density at radius 1 is 1.15 bits per heavy atom. The highest BCUT2D eigenvalue weighted by atomic mass is 16.4. The topological polar surface area (TPSA) is 108 Å². The molecular formula is C13H15N3O4. The third-order valence-electron chi connectivity index (χ3n) is 2.58. The molecule has 1 aromatic heterocycles. The number of rotatable bonds is 3. The Bertz CT molecular complexity index is 593. The van der Waals surface area contributed by atoms with Gasteiger partial charge in [0.1, 0.15) is 0 Å². The lowest BCUT2D eigenvalue weighted by atomic mass is 10.1. The molecule has 0 bridgehead atoms. The van der Waals surface area contributed by atoms with Gasteiger partial charge >= 0.3 is 12.0 Å². The Kier molecular flexibility index (Phi) is 4.96. The van der Waals surface area contributed by atoms with Crippen LogP contribution in [0.25, 0.3) is 0 Å². The standard InChI is InChI=1S/C13H15N3O4/c1-7-4-10(6-14-5-7)15-13(20)16-11(17)8(2)9(3)12(18)19/h4-6H,1-3H3,(H,18,19)(H2,15,16,17,20)/b9-8+. The molecule has 1 heterocycles. The molecule has 3 amide bonds. The van der Waals surface area contributed by atoms with E-state index in [0.29, 0.717) is 5.69 Å². The zero-order valence-corrected chi connectivity index (χ0v) is 11.4. The van der Waals surface area contributed by atoms with Crippen LogP contribution in [-0.4, -0.2) is 28.0 Å². The predicted octanol–water partition coefficient (Wildman–Crippen LogP) is 1.46. The van der Waals surface area contributed by atoms with Crippen molar-refractivity contribution in [2.75, 3.05) is 5.32 Å². The second-order valence-electron chi connectivity index (χ2n) is 4.21. The third-order valence-corrected chi connectivity index (χ3v) is 2.58. The van der Waals surface area contributed by atoms with E-state index in [0.717, 1.165) is 5.56 Å². The lowest BCUT2D eigenvalue weighted by Crippen LogP contribution is -2.35. The lowest BCUT2D eigenvalue weighted by molar-refractivity contribution is -0.133. The van der Waals surface area contributed by atoms with Gasteiger partial charge in [-0.3, -0.25) is 15.1 Å². The van der Waals surface area contributed by atoms with Crippen LogP contribution in [0.5, 0.6) is 0 Å². The van der Waals surface area contributed by atoms with E-state index in [2.05, 4.69) is 10.3 Å². The summed E-state index contributed by atoms with van der Waals surface area (Å²) < 4.78 is 0. The van der Waals surface area contributed by atoms with E-state index in [1.807, 2.05) is 12.2 Å². The van der Waals surface area contributed by atoms with Crippen LogP contribution in [-0.2, 0) is 9.59 Å². The summed E-state index contributed by atoms with van der Waals surface area (Å²) >= 11 is 0. The summed E-state index contributed by atoms with van der Waals surface area (Å²) in [5, 5.41) is 13.2. The van der Waals surface area contributed by atoms with Crippen LogP contribution in [0.15, 0.2) is 29.6 Å². The van der Waals surface area contributed by atoms with Gasteiger partial charge in [0.2, 0.25) is 0 Å². The first kappa shape index (κ1) is 15.4. The van der Waals surface area contributed by atoms with Crippen molar-refractivity contribution in [1.82, 2.24) is 10.3 Å². The van der Waals surface area contributed by atoms with Crippen molar-refractivity contribution >= 4 is 23.6 Å². The molecule has 0 aliphatic carbocycles. The third kappa shape index (κ3) is 4.20. The summed E-state index contributed by atoms with van der Waals surface area (Å²) in [6.07, 6.45) is 3.06. The molecule has 3 N–H and O–H groups in total. The Balaban J connectivity index is 2.70. The Labute approximate surface area is 115 Å². The van der Waals surface area contributed by atoms with Crippen molar-refractivity contribution in [1.29, 1.82) is 0 Å². The number of hydrogen-bond acceptors (Lipinski definition) is 4. The first-order chi connectivity index (χ1) is 9.31. The highest BCUT2D eigenvalue weighted by molar-refractivity contribution is 6.10. The van der Waals surface area contributed by atoms with Gasteiger partial charge < -0.3 is 10.4 Å². The number of hydrogen-bond donors (Lipinski definition) is 3. The first-order valence-electron chi connectivity index (χ1n) is 5.76. The molecule has 0 spiro atoms. The van der Waals surface area contributed by atoms with Crippen molar-refractivity contribution in [3.05, 3.63) is 35.2 Å². The monoisotopic (exact) mass is 277 g/mol. The SMILES string of the molecule is C/C(C(=O)O)=C(/C)C(=O)NC(=O)Nc1cncc(C)c1. The molecule has 0 radical (unpaired) electrons. The van der Waals surface area contributed by atoms with E-state index in [-0.39, 0.29) is 11.1 Å². The molecule has 0 atom stereocenters. The predicted molar refractivity (Wildman–Crippen MR) is 72.1 cm³/mol. The largest absolute Gasteiger partial charge is 0.478 e. The zero-order valence-electron chi connectivity index (χ0n) is 11.4. The number of nitrogens with zero attached hydrogens (tertiary/aromatic N) is 1. The summed E-state index contributed by atoms with van der Waals surface area (Å²) in [4.78, 5) is 37.8. The van der Waals surface area contributed by atoms with Gasteiger partial charge in [-0.1, -0.05) is 0 Å². The molecule has 106 valence electrons. The van der Waals surface area contributed by atoms with Gasteiger partial charge in [0.25, 0.3) is 5.91 Å². The van der Waals surface area contributed by atoms with Gasteiger partial charge in [0.15, 0.2) is 0 Å². The molecule has 0 aliphatic rings. The maximum absolute atomic E-state index is 11.6. The van der Waals surface area contributed by atoms with Gasteiger partial charge in [-0.05, 0) is 32.4 Å². The Hall–Kier alpha value is -2.70. The van der Waals surface area contributed by atoms with E-state index in [1.165, 1.54) is 20.0 Å². The lowest BCUT2D eigenvalue weighted by Gasteiger charge is -2.08.